The molecule has 0 bridgehead atoms. The van der Waals surface area contributed by atoms with Gasteiger partial charge in [0.05, 0.1) is 19.1 Å². The van der Waals surface area contributed by atoms with Crippen molar-refractivity contribution in [3.8, 4) is 0 Å². The van der Waals surface area contributed by atoms with Gasteiger partial charge in [0, 0.05) is 18.9 Å². The largest absolute Gasteiger partial charge is 0.461 e. The standard InChI is InChI=1S/C32H51NO6/c1-3-4-5-6-7-8-9-14-28(21-18-26-16-19-27(34)20-17-26)39-31(36)29-15-10-11-22-33(29)30(35)24-32(37)25(2)13-12-23-38-32/h4-9,25-29,34,37H,3,10-24H2,1-2H3/b5-4+,7-6+,9-8+. The molecule has 3 rings (SSSR count). The normalized spacial score (nSPS) is 31.2. The molecular formula is C32H51NO6. The monoisotopic (exact) mass is 545 g/mol. The van der Waals surface area contributed by atoms with Crippen LogP contribution in [0.1, 0.15) is 104 Å². The number of nitrogens with zero attached hydrogens (tertiary/aromatic N) is 1. The maximum absolute atomic E-state index is 13.5. The molecule has 39 heavy (non-hydrogen) atoms. The summed E-state index contributed by atoms with van der Waals surface area (Å²) in [4.78, 5) is 28.4. The minimum absolute atomic E-state index is 0.129. The fraction of sp³-hybridized carbons (Fsp3) is 0.750. The number of carbonyl (C=O) groups is 2. The average Bonchev–Trinajstić information content (AvgIpc) is 2.93. The summed E-state index contributed by atoms with van der Waals surface area (Å²) in [6, 6.07) is -0.621. The molecule has 7 nitrogen and oxygen atoms in total. The molecule has 4 atom stereocenters. The van der Waals surface area contributed by atoms with Crippen molar-refractivity contribution < 1.29 is 29.3 Å². The Balaban J connectivity index is 1.62. The third-order valence-electron chi connectivity index (χ3n) is 8.64. The van der Waals surface area contributed by atoms with E-state index in [1.807, 2.05) is 37.3 Å². The molecule has 1 aliphatic carbocycles. The molecule has 0 spiro atoms. The number of likely N-dealkylation sites (tertiary alicyclic amines) is 1. The smallest absolute Gasteiger partial charge is 0.329 e. The van der Waals surface area contributed by atoms with Gasteiger partial charge in [0.15, 0.2) is 5.79 Å². The van der Waals surface area contributed by atoms with E-state index in [4.69, 9.17) is 9.47 Å². The first kappa shape index (κ1) is 31.6. The van der Waals surface area contributed by atoms with Crippen LogP contribution in [0.3, 0.4) is 0 Å². The van der Waals surface area contributed by atoms with Gasteiger partial charge in [-0.25, -0.2) is 4.79 Å². The van der Waals surface area contributed by atoms with Crippen LogP contribution in [0.4, 0.5) is 0 Å². The lowest BCUT2D eigenvalue weighted by atomic mass is 9.84. The summed E-state index contributed by atoms with van der Waals surface area (Å²) in [7, 11) is 0. The number of piperidine rings is 1. The third kappa shape index (κ3) is 10.2. The summed E-state index contributed by atoms with van der Waals surface area (Å²) < 4.78 is 11.7. The molecule has 0 aromatic carbocycles. The van der Waals surface area contributed by atoms with Crippen molar-refractivity contribution in [3.63, 3.8) is 0 Å². The van der Waals surface area contributed by atoms with Gasteiger partial charge in [-0.05, 0) is 83.0 Å². The Kier molecular flexibility index (Phi) is 13.2. The van der Waals surface area contributed by atoms with Gasteiger partial charge in [0.25, 0.3) is 0 Å². The molecular weight excluding hydrogens is 494 g/mol. The zero-order valence-electron chi connectivity index (χ0n) is 24.1. The highest BCUT2D eigenvalue weighted by molar-refractivity contribution is 5.85. The quantitative estimate of drug-likeness (QED) is 0.245. The first-order valence-electron chi connectivity index (χ1n) is 15.3. The van der Waals surface area contributed by atoms with E-state index in [9.17, 15) is 19.8 Å². The molecule has 0 aromatic rings. The molecule has 1 saturated carbocycles. The third-order valence-corrected chi connectivity index (χ3v) is 8.64. The Morgan fingerprint density at radius 3 is 2.49 bits per heavy atom. The molecule has 0 radical (unpaired) electrons. The van der Waals surface area contributed by atoms with E-state index in [0.717, 1.165) is 70.6 Å². The molecule has 220 valence electrons. The number of aliphatic hydroxyl groups excluding tert-OH is 1. The predicted octanol–water partition coefficient (Wildman–Crippen LogP) is 5.60. The zero-order valence-corrected chi connectivity index (χ0v) is 24.1. The summed E-state index contributed by atoms with van der Waals surface area (Å²) >= 11 is 0. The number of amides is 1. The second-order valence-electron chi connectivity index (χ2n) is 11.7. The lowest BCUT2D eigenvalue weighted by Crippen LogP contribution is -2.53. The molecule has 2 aliphatic heterocycles. The van der Waals surface area contributed by atoms with E-state index in [1.54, 1.807) is 4.90 Å². The number of carbonyl (C=O) groups excluding carboxylic acids is 2. The van der Waals surface area contributed by atoms with Crippen LogP contribution in [0.25, 0.3) is 0 Å². The number of hydrogen-bond acceptors (Lipinski definition) is 6. The molecule has 7 heteroatoms. The maximum Gasteiger partial charge on any atom is 0.329 e. The topological polar surface area (TPSA) is 96.3 Å². The Hall–Kier alpha value is -1.96. The highest BCUT2D eigenvalue weighted by Crippen LogP contribution is 2.33. The van der Waals surface area contributed by atoms with Crippen molar-refractivity contribution in [2.75, 3.05) is 13.2 Å². The van der Waals surface area contributed by atoms with E-state index in [-0.39, 0.29) is 36.4 Å². The summed E-state index contributed by atoms with van der Waals surface area (Å²) in [5.41, 5.74) is 0. The fourth-order valence-corrected chi connectivity index (χ4v) is 6.00. The summed E-state index contributed by atoms with van der Waals surface area (Å²) in [6.45, 7) is 4.95. The average molecular weight is 546 g/mol. The van der Waals surface area contributed by atoms with Crippen molar-refractivity contribution >= 4 is 11.9 Å². The second-order valence-corrected chi connectivity index (χ2v) is 11.7. The van der Waals surface area contributed by atoms with Crippen LogP contribution in [0.5, 0.6) is 0 Å². The predicted molar refractivity (Wildman–Crippen MR) is 153 cm³/mol. The van der Waals surface area contributed by atoms with E-state index in [1.165, 1.54) is 0 Å². The van der Waals surface area contributed by atoms with Crippen molar-refractivity contribution in [2.45, 2.75) is 128 Å². The fourth-order valence-electron chi connectivity index (χ4n) is 6.00. The van der Waals surface area contributed by atoms with E-state index >= 15 is 0 Å². The molecule has 3 aliphatic rings. The van der Waals surface area contributed by atoms with Crippen molar-refractivity contribution in [3.05, 3.63) is 36.5 Å². The van der Waals surface area contributed by atoms with Crippen LogP contribution in [-0.2, 0) is 19.1 Å². The minimum atomic E-state index is -1.47. The lowest BCUT2D eigenvalue weighted by molar-refractivity contribution is -0.255. The van der Waals surface area contributed by atoms with Crippen molar-refractivity contribution in [1.29, 1.82) is 0 Å². The first-order valence-corrected chi connectivity index (χ1v) is 15.3. The van der Waals surface area contributed by atoms with Gasteiger partial charge >= 0.3 is 5.97 Å². The van der Waals surface area contributed by atoms with E-state index in [0.29, 0.717) is 31.9 Å². The minimum Gasteiger partial charge on any atom is -0.461 e. The molecule has 1 amide bonds. The number of allylic oxidation sites excluding steroid dienone is 5. The van der Waals surface area contributed by atoms with Crippen LogP contribution in [-0.4, -0.2) is 64.2 Å². The molecule has 2 N–H and O–H groups in total. The Bertz CT molecular complexity index is 846. The molecule has 2 saturated heterocycles. The number of esters is 1. The number of aliphatic hydroxyl groups is 2. The van der Waals surface area contributed by atoms with Crippen LogP contribution in [0.2, 0.25) is 0 Å². The number of rotatable bonds is 12. The van der Waals surface area contributed by atoms with Crippen molar-refractivity contribution in [2.24, 2.45) is 11.8 Å². The summed E-state index contributed by atoms with van der Waals surface area (Å²) in [5.74, 6) is -1.64. The van der Waals surface area contributed by atoms with Gasteiger partial charge in [-0.1, -0.05) is 50.3 Å². The number of hydrogen-bond donors (Lipinski definition) is 2. The zero-order chi connectivity index (χ0) is 28.1. The van der Waals surface area contributed by atoms with Crippen LogP contribution in [0, 0.1) is 11.8 Å². The van der Waals surface area contributed by atoms with Crippen LogP contribution < -0.4 is 0 Å². The van der Waals surface area contributed by atoms with Gasteiger partial charge in [-0.3, -0.25) is 4.79 Å². The van der Waals surface area contributed by atoms with Crippen LogP contribution in [0.15, 0.2) is 36.5 Å². The van der Waals surface area contributed by atoms with Crippen LogP contribution >= 0.6 is 0 Å². The highest BCUT2D eigenvalue weighted by atomic mass is 16.6. The summed E-state index contributed by atoms with van der Waals surface area (Å²) in [6.07, 6.45) is 22.6. The molecule has 0 aromatic heterocycles. The second kappa shape index (κ2) is 16.3. The highest BCUT2D eigenvalue weighted by Gasteiger charge is 2.43. The molecule has 2 heterocycles. The lowest BCUT2D eigenvalue weighted by Gasteiger charge is -2.40. The first-order chi connectivity index (χ1) is 18.8. The Morgan fingerprint density at radius 2 is 1.77 bits per heavy atom. The Labute approximate surface area is 235 Å². The summed E-state index contributed by atoms with van der Waals surface area (Å²) in [5, 5.41) is 20.8. The SMILES string of the molecule is CC/C=C/C=C/C=C/CC(CCC1CCC(O)CC1)OC(=O)C1CCCCN1C(=O)CC1(O)OCCCC1C. The molecule has 3 fully saturated rings. The van der Waals surface area contributed by atoms with Crippen molar-refractivity contribution in [1.82, 2.24) is 4.90 Å². The van der Waals surface area contributed by atoms with Gasteiger partial charge in [0.1, 0.15) is 12.1 Å². The Morgan fingerprint density at radius 1 is 1.03 bits per heavy atom. The van der Waals surface area contributed by atoms with E-state index < -0.39 is 11.8 Å². The molecule has 4 unspecified atom stereocenters. The van der Waals surface area contributed by atoms with Gasteiger partial charge in [-0.15, -0.1) is 0 Å². The van der Waals surface area contributed by atoms with E-state index in [2.05, 4.69) is 13.0 Å². The van der Waals surface area contributed by atoms with Gasteiger partial charge in [-0.2, -0.15) is 0 Å². The van der Waals surface area contributed by atoms with Gasteiger partial charge < -0.3 is 24.6 Å². The van der Waals surface area contributed by atoms with Gasteiger partial charge in [0.2, 0.25) is 5.91 Å². The number of ether oxygens (including phenoxy) is 2. The maximum atomic E-state index is 13.5.